The van der Waals surface area contributed by atoms with Crippen molar-refractivity contribution >= 4 is 15.7 Å². The molecule has 0 spiro atoms. The second-order valence-electron chi connectivity index (χ2n) is 4.20. The van der Waals surface area contributed by atoms with Gasteiger partial charge >= 0.3 is 5.69 Å². The third kappa shape index (κ3) is 3.63. The normalized spacial score (nSPS) is 11.6. The van der Waals surface area contributed by atoms with Gasteiger partial charge in [0.2, 0.25) is 15.8 Å². The minimum atomic E-state index is -4.10. The largest absolute Gasteiger partial charge is 0.395 e. The van der Waals surface area contributed by atoms with Crippen molar-refractivity contribution < 1.29 is 22.8 Å². The summed E-state index contributed by atoms with van der Waals surface area (Å²) in [7, 11) is -4.10. The molecule has 9 heteroatoms. The molecule has 7 nitrogen and oxygen atoms in total. The molecule has 0 saturated carbocycles. The standard InChI is InChI=1S/C12H15FN2O5S/c1-3-4-14(5-6-16)21(19,20)12-8-11(15(17)18)10(13)7-9(12)2/h3,7-8,16H,1,4-6H2,2H3. The molecule has 0 bridgehead atoms. The summed E-state index contributed by atoms with van der Waals surface area (Å²) in [6.45, 7) is 4.06. The van der Waals surface area contributed by atoms with Gasteiger partial charge in [0.05, 0.1) is 16.4 Å². The maximum Gasteiger partial charge on any atom is 0.306 e. The second kappa shape index (κ2) is 6.74. The maximum absolute atomic E-state index is 13.5. The number of nitro benzene ring substituents is 1. The lowest BCUT2D eigenvalue weighted by Gasteiger charge is -2.20. The van der Waals surface area contributed by atoms with Crippen molar-refractivity contribution in [2.24, 2.45) is 0 Å². The fourth-order valence-electron chi connectivity index (χ4n) is 1.76. The van der Waals surface area contributed by atoms with Gasteiger partial charge in [-0.3, -0.25) is 10.1 Å². The molecule has 0 unspecified atom stereocenters. The Bertz CT molecular complexity index is 660. The number of rotatable bonds is 7. The predicted octanol–water partition coefficient (Wildman–Crippen LogP) is 1.21. The number of aliphatic hydroxyl groups excluding tert-OH is 1. The van der Waals surface area contributed by atoms with Crippen molar-refractivity contribution in [1.29, 1.82) is 0 Å². The first kappa shape index (κ1) is 17.2. The number of sulfonamides is 1. The van der Waals surface area contributed by atoms with Crippen LogP contribution < -0.4 is 0 Å². The van der Waals surface area contributed by atoms with Crippen LogP contribution in [0.5, 0.6) is 0 Å². The first-order valence-corrected chi connectivity index (χ1v) is 7.36. The van der Waals surface area contributed by atoms with E-state index in [1.54, 1.807) is 0 Å². The van der Waals surface area contributed by atoms with E-state index in [1.807, 2.05) is 0 Å². The van der Waals surface area contributed by atoms with Crippen LogP contribution in [0.25, 0.3) is 0 Å². The highest BCUT2D eigenvalue weighted by atomic mass is 32.2. The minimum Gasteiger partial charge on any atom is -0.395 e. The molecule has 0 saturated heterocycles. The van der Waals surface area contributed by atoms with E-state index in [4.69, 9.17) is 5.11 Å². The molecule has 0 heterocycles. The van der Waals surface area contributed by atoms with Crippen molar-refractivity contribution in [2.45, 2.75) is 11.8 Å². The highest BCUT2D eigenvalue weighted by Gasteiger charge is 2.28. The molecule has 1 aromatic carbocycles. The van der Waals surface area contributed by atoms with Gasteiger partial charge in [0.1, 0.15) is 0 Å². The first-order valence-electron chi connectivity index (χ1n) is 5.92. The van der Waals surface area contributed by atoms with Gasteiger partial charge in [0.25, 0.3) is 0 Å². The van der Waals surface area contributed by atoms with Crippen LogP contribution in [0.1, 0.15) is 5.56 Å². The second-order valence-corrected chi connectivity index (χ2v) is 6.11. The Morgan fingerprint density at radius 1 is 1.52 bits per heavy atom. The molecule has 1 aromatic rings. The smallest absolute Gasteiger partial charge is 0.306 e. The molecule has 0 amide bonds. The molecular formula is C12H15FN2O5S. The maximum atomic E-state index is 13.5. The fourth-order valence-corrected chi connectivity index (χ4v) is 3.39. The van der Waals surface area contributed by atoms with Gasteiger partial charge in [0, 0.05) is 19.2 Å². The van der Waals surface area contributed by atoms with Crippen LogP contribution in [0, 0.1) is 22.9 Å². The summed E-state index contributed by atoms with van der Waals surface area (Å²) in [5.41, 5.74) is -0.869. The summed E-state index contributed by atoms with van der Waals surface area (Å²) < 4.78 is 39.2. The minimum absolute atomic E-state index is 0.0464. The van der Waals surface area contributed by atoms with Gasteiger partial charge in [-0.2, -0.15) is 8.70 Å². The molecule has 0 aliphatic rings. The van der Waals surface area contributed by atoms with Gasteiger partial charge in [0.15, 0.2) is 0 Å². The summed E-state index contributed by atoms with van der Waals surface area (Å²) >= 11 is 0. The number of nitro groups is 1. The van der Waals surface area contributed by atoms with E-state index < -0.39 is 33.1 Å². The number of aryl methyl sites for hydroxylation is 1. The van der Waals surface area contributed by atoms with Crippen molar-refractivity contribution in [3.8, 4) is 0 Å². The predicted molar refractivity (Wildman–Crippen MR) is 73.8 cm³/mol. The molecule has 0 aliphatic heterocycles. The van der Waals surface area contributed by atoms with Crippen LogP contribution in [0.3, 0.4) is 0 Å². The van der Waals surface area contributed by atoms with E-state index in [1.165, 1.54) is 13.0 Å². The van der Waals surface area contributed by atoms with Crippen molar-refractivity contribution in [3.63, 3.8) is 0 Å². The third-order valence-electron chi connectivity index (χ3n) is 2.74. The number of aliphatic hydroxyl groups is 1. The van der Waals surface area contributed by atoms with Gasteiger partial charge in [-0.25, -0.2) is 8.42 Å². The lowest BCUT2D eigenvalue weighted by atomic mass is 10.2. The molecule has 0 aliphatic carbocycles. The topological polar surface area (TPSA) is 101 Å². The number of hydrogen-bond acceptors (Lipinski definition) is 5. The van der Waals surface area contributed by atoms with Gasteiger partial charge in [-0.15, -0.1) is 6.58 Å². The van der Waals surface area contributed by atoms with E-state index in [0.717, 1.165) is 10.4 Å². The third-order valence-corrected chi connectivity index (χ3v) is 4.75. The van der Waals surface area contributed by atoms with Crippen LogP contribution in [-0.2, 0) is 10.0 Å². The van der Waals surface area contributed by atoms with Gasteiger partial charge in [-0.05, 0) is 18.6 Å². The number of halogens is 1. The molecule has 1 N–H and O–H groups in total. The summed E-state index contributed by atoms with van der Waals surface area (Å²) in [4.78, 5) is 9.38. The Kier molecular flexibility index (Phi) is 5.53. The van der Waals surface area contributed by atoms with Crippen LogP contribution in [0.2, 0.25) is 0 Å². The van der Waals surface area contributed by atoms with Crippen molar-refractivity contribution in [3.05, 3.63) is 46.3 Å². The Labute approximate surface area is 121 Å². The number of nitrogens with zero attached hydrogens (tertiary/aromatic N) is 2. The van der Waals surface area contributed by atoms with Crippen LogP contribution in [0.15, 0.2) is 29.7 Å². The zero-order valence-electron chi connectivity index (χ0n) is 11.3. The van der Waals surface area contributed by atoms with E-state index >= 15 is 0 Å². The zero-order chi connectivity index (χ0) is 16.2. The molecule has 0 radical (unpaired) electrons. The van der Waals surface area contributed by atoms with E-state index in [-0.39, 0.29) is 23.5 Å². The van der Waals surface area contributed by atoms with E-state index in [0.29, 0.717) is 6.07 Å². The zero-order valence-corrected chi connectivity index (χ0v) is 12.1. The molecule has 0 atom stereocenters. The Morgan fingerprint density at radius 3 is 2.62 bits per heavy atom. The van der Waals surface area contributed by atoms with Crippen LogP contribution in [0.4, 0.5) is 10.1 Å². The number of hydrogen-bond donors (Lipinski definition) is 1. The van der Waals surface area contributed by atoms with Crippen LogP contribution >= 0.6 is 0 Å². The summed E-state index contributed by atoms with van der Waals surface area (Å²) in [6, 6.07) is 1.49. The Morgan fingerprint density at radius 2 is 2.14 bits per heavy atom. The van der Waals surface area contributed by atoms with E-state index in [2.05, 4.69) is 6.58 Å². The Hall–Kier alpha value is -1.84. The molecular weight excluding hydrogens is 303 g/mol. The summed E-state index contributed by atoms with van der Waals surface area (Å²) in [5.74, 6) is -1.10. The van der Waals surface area contributed by atoms with E-state index in [9.17, 15) is 22.9 Å². The Balaban J connectivity index is 3.45. The molecule has 116 valence electrons. The SMILES string of the molecule is C=CCN(CCO)S(=O)(=O)c1cc([N+](=O)[O-])c(F)cc1C. The highest BCUT2D eigenvalue weighted by Crippen LogP contribution is 2.27. The van der Waals surface area contributed by atoms with Gasteiger partial charge in [-0.1, -0.05) is 6.08 Å². The molecule has 21 heavy (non-hydrogen) atoms. The molecule has 0 fully saturated rings. The summed E-state index contributed by atoms with van der Waals surface area (Å²) in [5, 5.41) is 19.7. The lowest BCUT2D eigenvalue weighted by molar-refractivity contribution is -0.387. The average molecular weight is 318 g/mol. The lowest BCUT2D eigenvalue weighted by Crippen LogP contribution is -2.34. The average Bonchev–Trinajstić information content (AvgIpc) is 2.37. The first-order chi connectivity index (χ1) is 9.75. The number of benzene rings is 1. The monoisotopic (exact) mass is 318 g/mol. The van der Waals surface area contributed by atoms with Crippen LogP contribution in [-0.4, -0.2) is 42.4 Å². The fraction of sp³-hybridized carbons (Fsp3) is 0.333. The highest BCUT2D eigenvalue weighted by molar-refractivity contribution is 7.89. The molecule has 0 aromatic heterocycles. The quantitative estimate of drug-likeness (QED) is 0.462. The van der Waals surface area contributed by atoms with Crippen molar-refractivity contribution in [2.75, 3.05) is 19.7 Å². The van der Waals surface area contributed by atoms with Gasteiger partial charge < -0.3 is 5.11 Å². The summed E-state index contributed by atoms with van der Waals surface area (Å²) in [6.07, 6.45) is 1.32. The molecule has 1 rings (SSSR count). The van der Waals surface area contributed by atoms with Crippen molar-refractivity contribution in [1.82, 2.24) is 4.31 Å².